The normalized spacial score (nSPS) is 17.2. The minimum absolute atomic E-state index is 0.274. The quantitative estimate of drug-likeness (QED) is 0.865. The molecule has 1 saturated carbocycles. The molecule has 0 spiro atoms. The lowest BCUT2D eigenvalue weighted by atomic mass is 10.00. The molecule has 2 rings (SSSR count). The molecule has 18 heavy (non-hydrogen) atoms. The van der Waals surface area contributed by atoms with Crippen molar-refractivity contribution in [1.29, 1.82) is 5.26 Å². The number of nitriles is 1. The molecule has 1 aromatic heterocycles. The van der Waals surface area contributed by atoms with Crippen LogP contribution in [0.4, 0.5) is 0 Å². The van der Waals surface area contributed by atoms with E-state index in [0.717, 1.165) is 12.8 Å². The Kier molecular flexibility index (Phi) is 3.24. The summed E-state index contributed by atoms with van der Waals surface area (Å²) in [6.45, 7) is 0. The van der Waals surface area contributed by atoms with Crippen LogP contribution in [0, 0.1) is 11.3 Å². The van der Waals surface area contributed by atoms with Crippen molar-refractivity contribution >= 4 is 5.91 Å². The van der Waals surface area contributed by atoms with Gasteiger partial charge in [-0.05, 0) is 25.7 Å². The summed E-state index contributed by atoms with van der Waals surface area (Å²) in [7, 11) is 3.22. The number of rotatable bonds is 3. The third-order valence-corrected chi connectivity index (χ3v) is 3.30. The van der Waals surface area contributed by atoms with E-state index in [4.69, 9.17) is 4.74 Å². The predicted octanol–water partition coefficient (Wildman–Crippen LogP) is 0.995. The zero-order valence-corrected chi connectivity index (χ0v) is 10.6. The number of methoxy groups -OCH3 is 1. The second kappa shape index (κ2) is 4.69. The Bertz CT molecular complexity index is 495. The average Bonchev–Trinajstić information content (AvgIpc) is 2.96. The van der Waals surface area contributed by atoms with Crippen LogP contribution in [-0.4, -0.2) is 28.3 Å². The Labute approximate surface area is 106 Å². The van der Waals surface area contributed by atoms with Crippen molar-refractivity contribution in [2.75, 3.05) is 7.11 Å². The van der Waals surface area contributed by atoms with E-state index in [1.54, 1.807) is 13.1 Å². The molecule has 1 fully saturated rings. The van der Waals surface area contributed by atoms with Gasteiger partial charge < -0.3 is 10.1 Å². The predicted molar refractivity (Wildman–Crippen MR) is 64.0 cm³/mol. The van der Waals surface area contributed by atoms with Crippen LogP contribution >= 0.6 is 0 Å². The number of carbonyl (C=O) groups is 1. The highest BCUT2D eigenvalue weighted by molar-refractivity contribution is 5.93. The van der Waals surface area contributed by atoms with E-state index in [-0.39, 0.29) is 11.6 Å². The smallest absolute Gasteiger partial charge is 0.273 e. The fraction of sp³-hybridized carbons (Fsp3) is 0.583. The van der Waals surface area contributed by atoms with E-state index in [0.29, 0.717) is 18.7 Å². The van der Waals surface area contributed by atoms with Crippen LogP contribution in [0.3, 0.4) is 0 Å². The highest BCUT2D eigenvalue weighted by Crippen LogP contribution is 2.29. The van der Waals surface area contributed by atoms with Crippen LogP contribution in [0.25, 0.3) is 0 Å². The summed E-state index contributed by atoms with van der Waals surface area (Å²) in [5.41, 5.74) is -0.446. The molecule has 0 atom stereocenters. The first-order valence-corrected chi connectivity index (χ1v) is 5.92. The lowest BCUT2D eigenvalue weighted by Crippen LogP contribution is -2.45. The number of carbonyl (C=O) groups excluding carboxylic acids is 1. The van der Waals surface area contributed by atoms with E-state index in [1.807, 2.05) is 0 Å². The third-order valence-electron chi connectivity index (χ3n) is 3.30. The molecule has 0 unspecified atom stereocenters. The van der Waals surface area contributed by atoms with Crippen LogP contribution in [0.15, 0.2) is 6.07 Å². The van der Waals surface area contributed by atoms with Gasteiger partial charge in [-0.3, -0.25) is 4.79 Å². The van der Waals surface area contributed by atoms with Crippen LogP contribution < -0.4 is 10.1 Å². The molecule has 1 amide bonds. The Morgan fingerprint density at radius 2 is 2.28 bits per heavy atom. The number of amides is 1. The molecule has 6 heteroatoms. The van der Waals surface area contributed by atoms with Gasteiger partial charge in [0, 0.05) is 13.1 Å². The van der Waals surface area contributed by atoms with Crippen LogP contribution in [0.1, 0.15) is 36.2 Å². The van der Waals surface area contributed by atoms with Gasteiger partial charge in [-0.1, -0.05) is 0 Å². The maximum absolute atomic E-state index is 12.1. The molecule has 1 heterocycles. The molecular formula is C12H16N4O2. The van der Waals surface area contributed by atoms with Crippen LogP contribution in [0.5, 0.6) is 5.88 Å². The van der Waals surface area contributed by atoms with Crippen molar-refractivity contribution in [2.24, 2.45) is 7.05 Å². The van der Waals surface area contributed by atoms with Gasteiger partial charge in [0.05, 0.1) is 13.2 Å². The summed E-state index contributed by atoms with van der Waals surface area (Å²) in [4.78, 5) is 12.1. The molecule has 0 radical (unpaired) electrons. The van der Waals surface area contributed by atoms with Gasteiger partial charge in [-0.15, -0.1) is 0 Å². The summed E-state index contributed by atoms with van der Waals surface area (Å²) in [6.07, 6.45) is 3.36. The number of aromatic nitrogens is 2. The Morgan fingerprint density at radius 1 is 1.61 bits per heavy atom. The number of hydrogen-bond acceptors (Lipinski definition) is 4. The first-order valence-electron chi connectivity index (χ1n) is 5.92. The maximum Gasteiger partial charge on any atom is 0.273 e. The summed E-state index contributed by atoms with van der Waals surface area (Å²) in [5, 5.41) is 16.1. The highest BCUT2D eigenvalue weighted by atomic mass is 16.5. The second-order valence-electron chi connectivity index (χ2n) is 4.55. The summed E-state index contributed by atoms with van der Waals surface area (Å²) >= 11 is 0. The molecule has 1 aliphatic rings. The van der Waals surface area contributed by atoms with Crippen molar-refractivity contribution in [1.82, 2.24) is 15.1 Å². The number of nitrogens with one attached hydrogen (secondary N) is 1. The standard InChI is InChI=1S/C12H16N4O2/c1-16-10(18-2)7-9(15-16)11(17)14-12(8-13)5-3-4-6-12/h7H,3-6H2,1-2H3,(H,14,17). The van der Waals surface area contributed by atoms with E-state index in [2.05, 4.69) is 16.5 Å². The van der Waals surface area contributed by atoms with E-state index in [1.165, 1.54) is 11.8 Å². The Balaban J connectivity index is 2.14. The lowest BCUT2D eigenvalue weighted by Gasteiger charge is -2.21. The minimum Gasteiger partial charge on any atom is -0.481 e. The topological polar surface area (TPSA) is 79.9 Å². The van der Waals surface area contributed by atoms with Crippen molar-refractivity contribution in [3.05, 3.63) is 11.8 Å². The van der Waals surface area contributed by atoms with E-state index in [9.17, 15) is 10.1 Å². The first kappa shape index (κ1) is 12.4. The van der Waals surface area contributed by atoms with Crippen molar-refractivity contribution in [2.45, 2.75) is 31.2 Å². The third kappa shape index (κ3) is 2.16. The highest BCUT2D eigenvalue weighted by Gasteiger charge is 2.36. The van der Waals surface area contributed by atoms with Gasteiger partial charge in [0.15, 0.2) is 5.69 Å². The van der Waals surface area contributed by atoms with Gasteiger partial charge in [-0.2, -0.15) is 10.4 Å². The summed E-state index contributed by atoms with van der Waals surface area (Å²) in [5.74, 6) is 0.190. The van der Waals surface area contributed by atoms with Gasteiger partial charge >= 0.3 is 0 Å². The van der Waals surface area contributed by atoms with Crippen molar-refractivity contribution in [3.63, 3.8) is 0 Å². The van der Waals surface area contributed by atoms with E-state index < -0.39 is 5.54 Å². The van der Waals surface area contributed by atoms with Crippen molar-refractivity contribution < 1.29 is 9.53 Å². The number of ether oxygens (including phenoxy) is 1. The average molecular weight is 248 g/mol. The molecule has 0 aromatic carbocycles. The molecule has 1 aliphatic carbocycles. The molecule has 1 N–H and O–H groups in total. The zero-order valence-electron chi connectivity index (χ0n) is 10.6. The molecular weight excluding hydrogens is 232 g/mol. The fourth-order valence-electron chi connectivity index (χ4n) is 2.28. The second-order valence-corrected chi connectivity index (χ2v) is 4.55. The van der Waals surface area contributed by atoms with Gasteiger partial charge in [0.2, 0.25) is 5.88 Å². The Morgan fingerprint density at radius 3 is 2.78 bits per heavy atom. The number of aryl methyl sites for hydroxylation is 1. The zero-order chi connectivity index (χ0) is 13.2. The Hall–Kier alpha value is -2.03. The summed E-state index contributed by atoms with van der Waals surface area (Å²) in [6, 6.07) is 3.78. The SMILES string of the molecule is COc1cc(C(=O)NC2(C#N)CCCC2)nn1C. The minimum atomic E-state index is -0.720. The van der Waals surface area contributed by atoms with E-state index >= 15 is 0 Å². The fourth-order valence-corrected chi connectivity index (χ4v) is 2.28. The molecule has 0 saturated heterocycles. The van der Waals surface area contributed by atoms with Crippen LogP contribution in [0.2, 0.25) is 0 Å². The van der Waals surface area contributed by atoms with Gasteiger partial charge in [-0.25, -0.2) is 4.68 Å². The molecule has 0 bridgehead atoms. The molecule has 96 valence electrons. The molecule has 0 aliphatic heterocycles. The maximum atomic E-state index is 12.1. The van der Waals surface area contributed by atoms with Gasteiger partial charge in [0.25, 0.3) is 5.91 Å². The molecule has 1 aromatic rings. The van der Waals surface area contributed by atoms with Gasteiger partial charge in [0.1, 0.15) is 5.54 Å². The monoisotopic (exact) mass is 248 g/mol. The van der Waals surface area contributed by atoms with Crippen LogP contribution in [-0.2, 0) is 7.05 Å². The first-order chi connectivity index (χ1) is 8.60. The largest absolute Gasteiger partial charge is 0.481 e. The molecule has 6 nitrogen and oxygen atoms in total. The lowest BCUT2D eigenvalue weighted by molar-refractivity contribution is 0.0915. The number of hydrogen-bond donors (Lipinski definition) is 1. The number of nitrogens with zero attached hydrogens (tertiary/aromatic N) is 3. The summed E-state index contributed by atoms with van der Waals surface area (Å²) < 4.78 is 6.54. The van der Waals surface area contributed by atoms with Crippen molar-refractivity contribution in [3.8, 4) is 11.9 Å².